The molecule has 0 saturated carbocycles. The third-order valence-electron chi connectivity index (χ3n) is 5.53. The molecule has 0 radical (unpaired) electrons. The van der Waals surface area contributed by atoms with Gasteiger partial charge in [-0.05, 0) is 24.5 Å². The van der Waals surface area contributed by atoms with Crippen molar-refractivity contribution in [3.63, 3.8) is 0 Å². The Kier molecular flexibility index (Phi) is 6.39. The Bertz CT molecular complexity index is 646. The first-order valence-electron chi connectivity index (χ1n) is 9.46. The number of fused-ring (bicyclic) bond motifs is 1. The van der Waals surface area contributed by atoms with Crippen LogP contribution in [0.15, 0.2) is 24.3 Å². The largest absolute Gasteiger partial charge is 0.405 e. The zero-order valence-electron chi connectivity index (χ0n) is 15.6. The van der Waals surface area contributed by atoms with E-state index in [-0.39, 0.29) is 5.91 Å². The Balaban J connectivity index is 1.57. The van der Waals surface area contributed by atoms with Crippen LogP contribution in [0.1, 0.15) is 18.1 Å². The molecule has 1 aromatic rings. The number of hydrogen-bond donors (Lipinski definition) is 2. The van der Waals surface area contributed by atoms with Gasteiger partial charge in [0.1, 0.15) is 6.04 Å². The van der Waals surface area contributed by atoms with Crippen LogP contribution in [0.3, 0.4) is 0 Å². The molecule has 27 heavy (non-hydrogen) atoms. The van der Waals surface area contributed by atoms with Crippen molar-refractivity contribution >= 4 is 5.91 Å². The van der Waals surface area contributed by atoms with Gasteiger partial charge in [0, 0.05) is 45.8 Å². The van der Waals surface area contributed by atoms with Gasteiger partial charge in [-0.1, -0.05) is 24.3 Å². The molecule has 3 rings (SSSR count). The molecule has 2 N–H and O–H groups in total. The van der Waals surface area contributed by atoms with Crippen molar-refractivity contribution in [2.24, 2.45) is 0 Å². The molecule has 2 aliphatic rings. The second-order valence-electron chi connectivity index (χ2n) is 7.25. The van der Waals surface area contributed by atoms with Crippen molar-refractivity contribution in [1.29, 1.82) is 0 Å². The number of carbonyl (C=O) groups excluding carboxylic acids is 1. The van der Waals surface area contributed by atoms with Gasteiger partial charge in [0.05, 0.1) is 6.04 Å². The molecule has 1 saturated heterocycles. The van der Waals surface area contributed by atoms with Crippen molar-refractivity contribution in [1.82, 2.24) is 20.4 Å². The first kappa shape index (κ1) is 20.1. The van der Waals surface area contributed by atoms with Gasteiger partial charge in [0.15, 0.2) is 0 Å². The number of halogens is 3. The van der Waals surface area contributed by atoms with Gasteiger partial charge in [-0.3, -0.25) is 14.6 Å². The molecule has 2 unspecified atom stereocenters. The summed E-state index contributed by atoms with van der Waals surface area (Å²) < 4.78 is 40.4. The monoisotopic (exact) mass is 384 g/mol. The van der Waals surface area contributed by atoms with Crippen LogP contribution in [0.2, 0.25) is 0 Å². The van der Waals surface area contributed by atoms with E-state index >= 15 is 0 Å². The lowest BCUT2D eigenvalue weighted by Crippen LogP contribution is -2.58. The van der Waals surface area contributed by atoms with Gasteiger partial charge in [-0.15, -0.1) is 0 Å². The predicted molar refractivity (Wildman–Crippen MR) is 97.3 cm³/mol. The number of carbonyl (C=O) groups is 1. The van der Waals surface area contributed by atoms with Crippen molar-refractivity contribution in [3.05, 3.63) is 35.4 Å². The van der Waals surface area contributed by atoms with Gasteiger partial charge in [-0.25, -0.2) is 0 Å². The highest BCUT2D eigenvalue weighted by molar-refractivity contribution is 5.81. The van der Waals surface area contributed by atoms with Crippen LogP contribution in [0.4, 0.5) is 13.2 Å². The van der Waals surface area contributed by atoms with Crippen LogP contribution in [0.25, 0.3) is 0 Å². The smallest absolute Gasteiger partial charge is 0.353 e. The van der Waals surface area contributed by atoms with Gasteiger partial charge in [-0.2, -0.15) is 13.2 Å². The molecule has 0 aromatic heterocycles. The second-order valence-corrected chi connectivity index (χ2v) is 7.25. The first-order chi connectivity index (χ1) is 12.9. The summed E-state index contributed by atoms with van der Waals surface area (Å²) in [5.41, 5.74) is 2.45. The van der Waals surface area contributed by atoms with Crippen LogP contribution >= 0.6 is 0 Å². The number of rotatable bonds is 5. The third-order valence-corrected chi connectivity index (χ3v) is 5.53. The molecule has 0 aliphatic carbocycles. The fourth-order valence-corrected chi connectivity index (χ4v) is 3.80. The van der Waals surface area contributed by atoms with Crippen LogP contribution < -0.4 is 10.6 Å². The Morgan fingerprint density at radius 2 is 1.81 bits per heavy atom. The highest BCUT2D eigenvalue weighted by Gasteiger charge is 2.44. The molecule has 2 atom stereocenters. The topological polar surface area (TPSA) is 47.6 Å². The van der Waals surface area contributed by atoms with E-state index in [1.54, 1.807) is 6.92 Å². The van der Waals surface area contributed by atoms with E-state index in [1.165, 1.54) is 16.0 Å². The SMILES string of the molecule is CC(C(=O)NCC(N1CCNCC1)C(F)(F)F)N1CCc2ccccc2C1. The summed E-state index contributed by atoms with van der Waals surface area (Å²) in [5.74, 6) is -0.348. The van der Waals surface area contributed by atoms with Crippen molar-refractivity contribution in [2.75, 3.05) is 39.3 Å². The van der Waals surface area contributed by atoms with Crippen molar-refractivity contribution in [2.45, 2.75) is 38.1 Å². The number of benzene rings is 1. The van der Waals surface area contributed by atoms with E-state index in [4.69, 9.17) is 0 Å². The molecule has 2 aliphatic heterocycles. The molecule has 1 amide bonds. The Hall–Kier alpha value is -1.64. The van der Waals surface area contributed by atoms with Gasteiger partial charge in [0.2, 0.25) is 5.91 Å². The van der Waals surface area contributed by atoms with E-state index < -0.39 is 24.8 Å². The van der Waals surface area contributed by atoms with Crippen molar-refractivity contribution < 1.29 is 18.0 Å². The lowest BCUT2D eigenvalue weighted by Gasteiger charge is -2.37. The summed E-state index contributed by atoms with van der Waals surface area (Å²) in [6.07, 6.45) is -3.52. The van der Waals surface area contributed by atoms with Crippen LogP contribution in [0.5, 0.6) is 0 Å². The lowest BCUT2D eigenvalue weighted by molar-refractivity contribution is -0.184. The van der Waals surface area contributed by atoms with E-state index in [0.29, 0.717) is 32.7 Å². The van der Waals surface area contributed by atoms with Gasteiger partial charge < -0.3 is 10.6 Å². The van der Waals surface area contributed by atoms with E-state index in [9.17, 15) is 18.0 Å². The molecular weight excluding hydrogens is 357 g/mol. The molecular formula is C19H27F3N4O. The maximum atomic E-state index is 13.5. The van der Waals surface area contributed by atoms with Crippen LogP contribution in [0, 0.1) is 0 Å². The van der Waals surface area contributed by atoms with Crippen LogP contribution in [-0.2, 0) is 17.8 Å². The minimum Gasteiger partial charge on any atom is -0.353 e. The summed E-state index contributed by atoms with van der Waals surface area (Å²) in [4.78, 5) is 15.9. The standard InChI is InChI=1S/C19H27F3N4O/c1-14(26-9-6-15-4-2-3-5-16(15)13-26)18(27)24-12-17(19(20,21)22)25-10-7-23-8-11-25/h2-5,14,17,23H,6-13H2,1H3,(H,24,27). The molecule has 8 heteroatoms. The molecule has 150 valence electrons. The zero-order chi connectivity index (χ0) is 19.4. The minimum absolute atomic E-state index is 0.332. The second kappa shape index (κ2) is 8.58. The zero-order valence-corrected chi connectivity index (χ0v) is 15.6. The molecule has 0 bridgehead atoms. The summed E-state index contributed by atoms with van der Waals surface area (Å²) in [7, 11) is 0. The molecule has 2 heterocycles. The fraction of sp³-hybridized carbons (Fsp3) is 0.632. The van der Waals surface area contributed by atoms with Crippen molar-refractivity contribution in [3.8, 4) is 0 Å². The molecule has 1 fully saturated rings. The molecule has 5 nitrogen and oxygen atoms in total. The number of piperazine rings is 1. The maximum Gasteiger partial charge on any atom is 0.405 e. The molecule has 1 aromatic carbocycles. The minimum atomic E-state index is -4.36. The van der Waals surface area contributed by atoms with Crippen LogP contribution in [-0.4, -0.2) is 73.2 Å². The average molecular weight is 384 g/mol. The summed E-state index contributed by atoms with van der Waals surface area (Å²) in [6.45, 7) is 4.45. The number of hydrogen-bond acceptors (Lipinski definition) is 4. The Morgan fingerprint density at radius 3 is 2.48 bits per heavy atom. The summed E-state index contributed by atoms with van der Waals surface area (Å²) in [5, 5.41) is 5.60. The predicted octanol–water partition coefficient (Wildman–Crippen LogP) is 1.39. The first-order valence-corrected chi connectivity index (χ1v) is 9.46. The number of amides is 1. The van der Waals surface area contributed by atoms with Gasteiger partial charge >= 0.3 is 6.18 Å². The van der Waals surface area contributed by atoms with Gasteiger partial charge in [0.25, 0.3) is 0 Å². The Morgan fingerprint density at radius 1 is 1.15 bits per heavy atom. The highest BCUT2D eigenvalue weighted by atomic mass is 19.4. The number of nitrogens with one attached hydrogen (secondary N) is 2. The number of alkyl halides is 3. The summed E-state index contributed by atoms with van der Waals surface area (Å²) in [6, 6.07) is 5.98. The molecule has 0 spiro atoms. The average Bonchev–Trinajstić information content (AvgIpc) is 2.66. The maximum absolute atomic E-state index is 13.5. The van der Waals surface area contributed by atoms with E-state index in [2.05, 4.69) is 16.7 Å². The van der Waals surface area contributed by atoms with E-state index in [0.717, 1.165) is 13.0 Å². The Labute approximate surface area is 157 Å². The normalized spacial score (nSPS) is 21.3. The number of nitrogens with zero attached hydrogens (tertiary/aromatic N) is 2. The highest BCUT2D eigenvalue weighted by Crippen LogP contribution is 2.25. The van der Waals surface area contributed by atoms with E-state index in [1.807, 2.05) is 23.1 Å². The lowest BCUT2D eigenvalue weighted by atomic mass is 9.99. The summed E-state index contributed by atoms with van der Waals surface area (Å²) >= 11 is 0. The quantitative estimate of drug-likeness (QED) is 0.806. The third kappa shape index (κ3) is 5.00. The fourth-order valence-electron chi connectivity index (χ4n) is 3.80.